The van der Waals surface area contributed by atoms with Gasteiger partial charge in [0.1, 0.15) is 5.82 Å². The highest BCUT2D eigenvalue weighted by atomic mass is 15.2. The Kier molecular flexibility index (Phi) is 6.16. The molecule has 7 aromatic carbocycles. The van der Waals surface area contributed by atoms with Crippen LogP contribution >= 0.6 is 0 Å². The van der Waals surface area contributed by atoms with Crippen LogP contribution in [0.15, 0.2) is 170 Å². The number of hydrogen-bond acceptors (Lipinski definition) is 2. The zero-order valence-electron chi connectivity index (χ0n) is 23.6. The summed E-state index contributed by atoms with van der Waals surface area (Å²) in [5.74, 6) is 0.881. The first-order valence-corrected chi connectivity index (χ1v) is 14.7. The van der Waals surface area contributed by atoms with Gasteiger partial charge in [-0.05, 0) is 56.6 Å². The number of nitrogens with zero attached hydrogens (tertiary/aromatic N) is 2. The summed E-state index contributed by atoms with van der Waals surface area (Å²) in [4.78, 5) is 7.26. The number of benzene rings is 7. The summed E-state index contributed by atoms with van der Waals surface area (Å²) in [6.45, 7) is 0. The van der Waals surface area contributed by atoms with E-state index in [1.165, 1.54) is 54.6 Å². The summed E-state index contributed by atoms with van der Waals surface area (Å²) in [7, 11) is 0. The predicted octanol–water partition coefficient (Wildman–Crippen LogP) is 11.3. The first-order chi connectivity index (χ1) is 21.4. The van der Waals surface area contributed by atoms with Crippen molar-refractivity contribution in [2.45, 2.75) is 0 Å². The van der Waals surface area contributed by atoms with Crippen LogP contribution in [-0.2, 0) is 0 Å². The lowest BCUT2D eigenvalue weighted by molar-refractivity contribution is 1.20. The topological polar surface area (TPSA) is 16.1 Å². The lowest BCUT2D eigenvalue weighted by atomic mass is 9.86. The SMILES string of the molecule is c1ccc(-c2ccccc2-c2c3ccccc3c(N(c3ccccn3)c3cccc4ccccc34)c3ccccc23)cc1. The lowest BCUT2D eigenvalue weighted by Crippen LogP contribution is -2.13. The van der Waals surface area contributed by atoms with Gasteiger partial charge in [-0.1, -0.05) is 146 Å². The van der Waals surface area contributed by atoms with Crippen LogP contribution in [0.3, 0.4) is 0 Å². The summed E-state index contributed by atoms with van der Waals surface area (Å²) in [5.41, 5.74) is 7.13. The third-order valence-electron chi connectivity index (χ3n) is 8.29. The molecule has 0 amide bonds. The van der Waals surface area contributed by atoms with Crippen molar-refractivity contribution in [2.75, 3.05) is 4.90 Å². The van der Waals surface area contributed by atoms with Gasteiger partial charge in [0.2, 0.25) is 0 Å². The molecule has 1 heterocycles. The Morgan fingerprint density at radius 1 is 0.395 bits per heavy atom. The molecule has 0 spiro atoms. The second-order valence-corrected chi connectivity index (χ2v) is 10.7. The Morgan fingerprint density at radius 3 is 1.65 bits per heavy atom. The fourth-order valence-electron chi connectivity index (χ4n) is 6.45. The van der Waals surface area contributed by atoms with Crippen molar-refractivity contribution in [2.24, 2.45) is 0 Å². The molecular formula is C41H28N2. The van der Waals surface area contributed by atoms with Gasteiger partial charge in [-0.25, -0.2) is 4.98 Å². The molecule has 0 saturated heterocycles. The second-order valence-electron chi connectivity index (χ2n) is 10.7. The average Bonchev–Trinajstić information content (AvgIpc) is 3.09. The largest absolute Gasteiger partial charge is 0.293 e. The molecule has 2 nitrogen and oxygen atoms in total. The van der Waals surface area contributed by atoms with Crippen LogP contribution in [0.2, 0.25) is 0 Å². The molecule has 0 bridgehead atoms. The molecule has 0 unspecified atom stereocenters. The monoisotopic (exact) mass is 548 g/mol. The molecule has 0 fully saturated rings. The molecule has 0 aliphatic rings. The van der Waals surface area contributed by atoms with E-state index in [-0.39, 0.29) is 0 Å². The molecule has 0 atom stereocenters. The maximum Gasteiger partial charge on any atom is 0.137 e. The summed E-state index contributed by atoms with van der Waals surface area (Å²) >= 11 is 0. The molecule has 0 radical (unpaired) electrons. The molecule has 0 saturated carbocycles. The molecule has 0 aliphatic heterocycles. The Morgan fingerprint density at radius 2 is 0.953 bits per heavy atom. The van der Waals surface area contributed by atoms with Crippen molar-refractivity contribution in [3.05, 3.63) is 170 Å². The number of hydrogen-bond donors (Lipinski definition) is 0. The molecule has 202 valence electrons. The van der Waals surface area contributed by atoms with Gasteiger partial charge in [-0.2, -0.15) is 0 Å². The summed E-state index contributed by atoms with van der Waals surface area (Å²) < 4.78 is 0. The highest BCUT2D eigenvalue weighted by molar-refractivity contribution is 6.23. The van der Waals surface area contributed by atoms with Crippen molar-refractivity contribution < 1.29 is 0 Å². The first-order valence-electron chi connectivity index (χ1n) is 14.7. The van der Waals surface area contributed by atoms with Crippen LogP contribution in [0.25, 0.3) is 54.6 Å². The van der Waals surface area contributed by atoms with Gasteiger partial charge in [-0.3, -0.25) is 4.90 Å². The molecule has 43 heavy (non-hydrogen) atoms. The predicted molar refractivity (Wildman–Crippen MR) is 182 cm³/mol. The maximum absolute atomic E-state index is 4.91. The number of rotatable bonds is 5. The fourth-order valence-corrected chi connectivity index (χ4v) is 6.45. The number of pyridine rings is 1. The molecule has 8 rings (SSSR count). The van der Waals surface area contributed by atoms with E-state index < -0.39 is 0 Å². The van der Waals surface area contributed by atoms with E-state index in [0.717, 1.165) is 17.2 Å². The quantitative estimate of drug-likeness (QED) is 0.199. The minimum atomic E-state index is 0.881. The van der Waals surface area contributed by atoms with Crippen LogP contribution in [0.5, 0.6) is 0 Å². The zero-order valence-corrected chi connectivity index (χ0v) is 23.6. The Hall–Kier alpha value is -5.73. The third-order valence-corrected chi connectivity index (χ3v) is 8.29. The molecule has 2 heteroatoms. The highest BCUT2D eigenvalue weighted by Crippen LogP contribution is 2.49. The van der Waals surface area contributed by atoms with Gasteiger partial charge >= 0.3 is 0 Å². The molecule has 0 aliphatic carbocycles. The van der Waals surface area contributed by atoms with Crippen LogP contribution in [0, 0.1) is 0 Å². The van der Waals surface area contributed by atoms with Crippen molar-refractivity contribution in [3.63, 3.8) is 0 Å². The van der Waals surface area contributed by atoms with Gasteiger partial charge in [0.05, 0.1) is 11.4 Å². The lowest BCUT2D eigenvalue weighted by Gasteiger charge is -2.29. The van der Waals surface area contributed by atoms with Gasteiger partial charge in [-0.15, -0.1) is 0 Å². The van der Waals surface area contributed by atoms with Gasteiger partial charge in [0.15, 0.2) is 0 Å². The first kappa shape index (κ1) is 25.0. The van der Waals surface area contributed by atoms with E-state index in [9.17, 15) is 0 Å². The van der Waals surface area contributed by atoms with E-state index >= 15 is 0 Å². The molecular weight excluding hydrogens is 520 g/mol. The van der Waals surface area contributed by atoms with E-state index in [4.69, 9.17) is 4.98 Å². The van der Waals surface area contributed by atoms with Gasteiger partial charge in [0, 0.05) is 22.4 Å². The molecule has 0 N–H and O–H groups in total. The van der Waals surface area contributed by atoms with E-state index in [0.29, 0.717) is 0 Å². The maximum atomic E-state index is 4.91. The van der Waals surface area contributed by atoms with Crippen LogP contribution in [-0.4, -0.2) is 4.98 Å². The third kappa shape index (κ3) is 4.24. The van der Waals surface area contributed by atoms with Crippen molar-refractivity contribution in [3.8, 4) is 22.3 Å². The summed E-state index contributed by atoms with van der Waals surface area (Å²) in [6, 6.07) is 58.4. The Labute approximate surface area is 251 Å². The number of aromatic nitrogens is 1. The summed E-state index contributed by atoms with van der Waals surface area (Å²) in [5, 5.41) is 7.15. The number of anilines is 3. The minimum Gasteiger partial charge on any atom is -0.293 e. The minimum absolute atomic E-state index is 0.881. The Balaban J connectivity index is 1.52. The zero-order chi connectivity index (χ0) is 28.6. The van der Waals surface area contributed by atoms with Crippen molar-refractivity contribution in [1.29, 1.82) is 0 Å². The summed E-state index contributed by atoms with van der Waals surface area (Å²) in [6.07, 6.45) is 1.88. The van der Waals surface area contributed by atoms with E-state index in [1.807, 2.05) is 12.3 Å². The highest BCUT2D eigenvalue weighted by Gasteiger charge is 2.24. The van der Waals surface area contributed by atoms with Crippen LogP contribution < -0.4 is 4.90 Å². The van der Waals surface area contributed by atoms with Gasteiger partial charge in [0.25, 0.3) is 0 Å². The standard InChI is InChI=1S/C41H28N2/c1-2-15-29(16-3-1)31-19-6-7-21-33(31)40-34-22-8-10-24-36(34)41(37-25-11-9-23-35(37)40)43(39-27-12-13-28-42-39)38-26-14-18-30-17-4-5-20-32(30)38/h1-28H. The fraction of sp³-hybridized carbons (Fsp3) is 0. The molecule has 8 aromatic rings. The van der Waals surface area contributed by atoms with Gasteiger partial charge < -0.3 is 0 Å². The van der Waals surface area contributed by atoms with Crippen LogP contribution in [0.4, 0.5) is 17.2 Å². The van der Waals surface area contributed by atoms with E-state index in [1.54, 1.807) is 0 Å². The van der Waals surface area contributed by atoms with Crippen molar-refractivity contribution in [1.82, 2.24) is 4.98 Å². The van der Waals surface area contributed by atoms with E-state index in [2.05, 4.69) is 163 Å². The normalized spacial score (nSPS) is 11.3. The number of fused-ring (bicyclic) bond motifs is 3. The van der Waals surface area contributed by atoms with Crippen LogP contribution in [0.1, 0.15) is 0 Å². The Bertz CT molecular complexity index is 2180. The smallest absolute Gasteiger partial charge is 0.137 e. The second kappa shape index (κ2) is 10.6. The van der Waals surface area contributed by atoms with Crippen molar-refractivity contribution >= 4 is 49.5 Å². The average molecular weight is 549 g/mol. The molecule has 1 aromatic heterocycles.